The number of hydrogen-bond acceptors (Lipinski definition) is 3. The predicted octanol–water partition coefficient (Wildman–Crippen LogP) is 1.60. The largest absolute Gasteiger partial charge is 0.381 e. The molecule has 1 saturated heterocycles. The maximum absolute atomic E-state index is 12.1. The summed E-state index contributed by atoms with van der Waals surface area (Å²) in [6, 6.07) is 0.314. The van der Waals surface area contributed by atoms with Gasteiger partial charge in [0.25, 0.3) is 0 Å². The van der Waals surface area contributed by atoms with Crippen molar-refractivity contribution in [3.8, 4) is 0 Å². The molecule has 1 aliphatic heterocycles. The molecule has 0 spiro atoms. The molecule has 3 unspecified atom stereocenters. The van der Waals surface area contributed by atoms with Gasteiger partial charge in [-0.3, -0.25) is 10.1 Å². The Labute approximate surface area is 110 Å². The first-order valence-corrected chi connectivity index (χ1v) is 6.95. The zero-order valence-electron chi connectivity index (χ0n) is 12.2. The van der Waals surface area contributed by atoms with Crippen molar-refractivity contribution in [2.24, 2.45) is 11.3 Å². The summed E-state index contributed by atoms with van der Waals surface area (Å²) in [7, 11) is 1.76. The monoisotopic (exact) mass is 254 g/mol. The number of nitrogens with zero attached hydrogens (tertiary/aromatic N) is 1. The van der Waals surface area contributed by atoms with Crippen LogP contribution in [-0.4, -0.2) is 42.8 Å². The number of hydrogen-bond donors (Lipinski definition) is 1. The van der Waals surface area contributed by atoms with Gasteiger partial charge in [0.2, 0.25) is 5.91 Å². The minimum absolute atomic E-state index is 0.0612. The molecule has 4 heteroatoms. The third kappa shape index (κ3) is 2.16. The average molecular weight is 254 g/mol. The van der Waals surface area contributed by atoms with Crippen LogP contribution in [0.2, 0.25) is 0 Å². The van der Waals surface area contributed by atoms with Gasteiger partial charge in [0.15, 0.2) is 0 Å². The van der Waals surface area contributed by atoms with Gasteiger partial charge in [-0.2, -0.15) is 0 Å². The normalized spacial score (nSPS) is 35.1. The standard InChI is InChI=1S/C14H26N2O2/c1-9(2)6-12-15-8-13(17)16(12)10-7-11(18-5)14(10,3)4/h9-12,15H,6-8H2,1-5H3. The van der Waals surface area contributed by atoms with E-state index in [9.17, 15) is 4.79 Å². The molecule has 1 amide bonds. The molecule has 3 atom stereocenters. The highest BCUT2D eigenvalue weighted by Crippen LogP contribution is 2.46. The fraction of sp³-hybridized carbons (Fsp3) is 0.929. The zero-order chi connectivity index (χ0) is 13.5. The molecule has 0 bridgehead atoms. The molecule has 2 rings (SSSR count). The van der Waals surface area contributed by atoms with E-state index in [4.69, 9.17) is 4.74 Å². The second-order valence-corrected chi connectivity index (χ2v) is 6.62. The van der Waals surface area contributed by atoms with Crippen LogP contribution >= 0.6 is 0 Å². The lowest BCUT2D eigenvalue weighted by Crippen LogP contribution is -2.64. The van der Waals surface area contributed by atoms with Gasteiger partial charge in [-0.05, 0) is 18.8 Å². The van der Waals surface area contributed by atoms with Gasteiger partial charge in [0.05, 0.1) is 18.8 Å². The van der Waals surface area contributed by atoms with Crippen molar-refractivity contribution >= 4 is 5.91 Å². The molecule has 0 aromatic carbocycles. The van der Waals surface area contributed by atoms with E-state index >= 15 is 0 Å². The van der Waals surface area contributed by atoms with E-state index in [1.165, 1.54) is 0 Å². The Hall–Kier alpha value is -0.610. The van der Waals surface area contributed by atoms with Crippen LogP contribution in [0.5, 0.6) is 0 Å². The second kappa shape index (κ2) is 4.82. The highest BCUT2D eigenvalue weighted by Gasteiger charge is 2.54. The van der Waals surface area contributed by atoms with E-state index in [1.807, 2.05) is 0 Å². The number of carbonyl (C=O) groups excluding carboxylic acids is 1. The molecule has 1 saturated carbocycles. The number of methoxy groups -OCH3 is 1. The van der Waals surface area contributed by atoms with Crippen molar-refractivity contribution in [2.75, 3.05) is 13.7 Å². The average Bonchev–Trinajstić information content (AvgIpc) is 2.60. The van der Waals surface area contributed by atoms with Crippen LogP contribution in [0.3, 0.4) is 0 Å². The molecule has 104 valence electrons. The third-order valence-electron chi connectivity index (χ3n) is 4.55. The fourth-order valence-corrected chi connectivity index (χ4v) is 3.34. The Kier molecular flexibility index (Phi) is 3.70. The summed E-state index contributed by atoms with van der Waals surface area (Å²) in [4.78, 5) is 14.2. The Bertz CT molecular complexity index is 328. The quantitative estimate of drug-likeness (QED) is 0.828. The summed E-state index contributed by atoms with van der Waals surface area (Å²) in [5.74, 6) is 0.839. The van der Waals surface area contributed by atoms with Gasteiger partial charge >= 0.3 is 0 Å². The number of ether oxygens (including phenoxy) is 1. The molecule has 0 aromatic heterocycles. The van der Waals surface area contributed by atoms with Crippen molar-refractivity contribution in [2.45, 2.75) is 58.8 Å². The molecule has 1 N–H and O–H groups in total. The third-order valence-corrected chi connectivity index (χ3v) is 4.55. The number of amides is 1. The lowest BCUT2D eigenvalue weighted by atomic mass is 9.63. The summed E-state index contributed by atoms with van der Waals surface area (Å²) in [5, 5.41) is 3.34. The lowest BCUT2D eigenvalue weighted by molar-refractivity contribution is -0.162. The summed E-state index contributed by atoms with van der Waals surface area (Å²) < 4.78 is 5.48. The molecule has 1 heterocycles. The lowest BCUT2D eigenvalue weighted by Gasteiger charge is -2.55. The van der Waals surface area contributed by atoms with E-state index in [-0.39, 0.29) is 23.6 Å². The van der Waals surface area contributed by atoms with E-state index in [1.54, 1.807) is 7.11 Å². The highest BCUT2D eigenvalue weighted by atomic mass is 16.5. The summed E-state index contributed by atoms with van der Waals surface area (Å²) in [6.45, 7) is 9.29. The van der Waals surface area contributed by atoms with Crippen molar-refractivity contribution in [1.29, 1.82) is 0 Å². The van der Waals surface area contributed by atoms with Crippen LogP contribution in [0.25, 0.3) is 0 Å². The Morgan fingerprint density at radius 3 is 2.67 bits per heavy atom. The van der Waals surface area contributed by atoms with Crippen LogP contribution in [0.1, 0.15) is 40.5 Å². The van der Waals surface area contributed by atoms with Gasteiger partial charge in [0, 0.05) is 18.6 Å². The Morgan fingerprint density at radius 2 is 2.17 bits per heavy atom. The topological polar surface area (TPSA) is 41.6 Å². The zero-order valence-corrected chi connectivity index (χ0v) is 12.2. The Morgan fingerprint density at radius 1 is 1.50 bits per heavy atom. The smallest absolute Gasteiger partial charge is 0.238 e. The first-order valence-electron chi connectivity index (χ1n) is 6.95. The van der Waals surface area contributed by atoms with Crippen LogP contribution in [0.4, 0.5) is 0 Å². The number of nitrogens with one attached hydrogen (secondary N) is 1. The highest BCUT2D eigenvalue weighted by molar-refractivity contribution is 5.81. The van der Waals surface area contributed by atoms with Crippen molar-refractivity contribution < 1.29 is 9.53 Å². The van der Waals surface area contributed by atoms with Crippen LogP contribution < -0.4 is 5.32 Å². The van der Waals surface area contributed by atoms with E-state index in [0.29, 0.717) is 18.5 Å². The molecule has 18 heavy (non-hydrogen) atoms. The van der Waals surface area contributed by atoms with Gasteiger partial charge < -0.3 is 9.64 Å². The molecule has 4 nitrogen and oxygen atoms in total. The van der Waals surface area contributed by atoms with Gasteiger partial charge in [-0.15, -0.1) is 0 Å². The first kappa shape index (κ1) is 13.8. The van der Waals surface area contributed by atoms with E-state index < -0.39 is 0 Å². The van der Waals surface area contributed by atoms with Crippen LogP contribution in [0.15, 0.2) is 0 Å². The van der Waals surface area contributed by atoms with Crippen LogP contribution in [0, 0.1) is 11.3 Å². The van der Waals surface area contributed by atoms with E-state index in [2.05, 4.69) is 37.9 Å². The van der Waals surface area contributed by atoms with Crippen LogP contribution in [-0.2, 0) is 9.53 Å². The maximum atomic E-state index is 12.1. The molecular weight excluding hydrogens is 228 g/mol. The van der Waals surface area contributed by atoms with Gasteiger partial charge in [-0.1, -0.05) is 27.7 Å². The SMILES string of the molecule is COC1CC(N2C(=O)CNC2CC(C)C)C1(C)C. The van der Waals surface area contributed by atoms with Crippen molar-refractivity contribution in [3.63, 3.8) is 0 Å². The van der Waals surface area contributed by atoms with Crippen molar-refractivity contribution in [3.05, 3.63) is 0 Å². The summed E-state index contributed by atoms with van der Waals surface area (Å²) in [5.41, 5.74) is 0.0612. The maximum Gasteiger partial charge on any atom is 0.238 e. The summed E-state index contributed by atoms with van der Waals surface area (Å²) in [6.07, 6.45) is 2.47. The first-order chi connectivity index (χ1) is 8.37. The molecule has 0 aromatic rings. The number of rotatable bonds is 4. The molecule has 1 aliphatic carbocycles. The second-order valence-electron chi connectivity index (χ2n) is 6.62. The fourth-order valence-electron chi connectivity index (χ4n) is 3.34. The Balaban J connectivity index is 2.09. The molecular formula is C14H26N2O2. The predicted molar refractivity (Wildman–Crippen MR) is 71.1 cm³/mol. The molecule has 2 aliphatic rings. The van der Waals surface area contributed by atoms with Crippen molar-refractivity contribution in [1.82, 2.24) is 10.2 Å². The number of carbonyl (C=O) groups is 1. The van der Waals surface area contributed by atoms with E-state index in [0.717, 1.165) is 12.8 Å². The van der Waals surface area contributed by atoms with Gasteiger partial charge in [0.1, 0.15) is 0 Å². The molecule has 0 radical (unpaired) electrons. The minimum atomic E-state index is 0.0612. The molecule has 2 fully saturated rings. The summed E-state index contributed by atoms with van der Waals surface area (Å²) >= 11 is 0. The van der Waals surface area contributed by atoms with Gasteiger partial charge in [-0.25, -0.2) is 0 Å². The minimum Gasteiger partial charge on any atom is -0.381 e.